The molecule has 0 spiro atoms. The maximum atomic E-state index is 12.9. The minimum atomic E-state index is -0.448. The molecule has 23 heavy (non-hydrogen) atoms. The lowest BCUT2D eigenvalue weighted by molar-refractivity contribution is -0.384. The van der Waals surface area contributed by atoms with E-state index in [0.717, 1.165) is 10.9 Å². The maximum absolute atomic E-state index is 12.9. The lowest BCUT2D eigenvalue weighted by Gasteiger charge is -2.17. The van der Waals surface area contributed by atoms with Gasteiger partial charge in [0.15, 0.2) is 0 Å². The van der Waals surface area contributed by atoms with E-state index in [9.17, 15) is 14.9 Å². The second kappa shape index (κ2) is 4.91. The number of amides is 1. The van der Waals surface area contributed by atoms with Crippen LogP contribution >= 0.6 is 0 Å². The molecule has 0 radical (unpaired) electrons. The van der Waals surface area contributed by atoms with Crippen LogP contribution in [0.2, 0.25) is 0 Å². The summed E-state index contributed by atoms with van der Waals surface area (Å²) in [5.74, 6) is -0.181. The molecule has 0 aliphatic carbocycles. The Morgan fingerprint density at radius 3 is 3.00 bits per heavy atom. The fourth-order valence-electron chi connectivity index (χ4n) is 2.98. The van der Waals surface area contributed by atoms with E-state index in [1.54, 1.807) is 29.3 Å². The van der Waals surface area contributed by atoms with Crippen LogP contribution in [0, 0.1) is 10.1 Å². The molecule has 1 aliphatic heterocycles. The van der Waals surface area contributed by atoms with E-state index in [1.807, 2.05) is 6.07 Å². The molecule has 2 aromatic carbocycles. The highest BCUT2D eigenvalue weighted by Crippen LogP contribution is 2.33. The summed E-state index contributed by atoms with van der Waals surface area (Å²) in [6.45, 7) is 0.514. The number of para-hydroxylation sites is 1. The van der Waals surface area contributed by atoms with Crippen molar-refractivity contribution < 1.29 is 9.72 Å². The highest BCUT2D eigenvalue weighted by Gasteiger charge is 2.28. The third-order valence-corrected chi connectivity index (χ3v) is 4.13. The van der Waals surface area contributed by atoms with Crippen molar-refractivity contribution in [2.75, 3.05) is 11.4 Å². The normalized spacial score (nSPS) is 13.3. The fraction of sp³-hybridized carbons (Fsp3) is 0.125. The molecule has 4 rings (SSSR count). The summed E-state index contributed by atoms with van der Waals surface area (Å²) in [7, 11) is 0. The summed E-state index contributed by atoms with van der Waals surface area (Å²) in [6.07, 6.45) is 2.35. The van der Waals surface area contributed by atoms with Crippen LogP contribution in [0.3, 0.4) is 0 Å². The van der Waals surface area contributed by atoms with Gasteiger partial charge in [-0.05, 0) is 18.1 Å². The summed E-state index contributed by atoms with van der Waals surface area (Å²) in [5.41, 5.74) is 2.74. The SMILES string of the molecule is O=C(c1cccc2cn[nH]c12)N1CCc2ccc([N+](=O)[O-])cc21. The van der Waals surface area contributed by atoms with Crippen LogP contribution in [0.5, 0.6) is 0 Å². The summed E-state index contributed by atoms with van der Waals surface area (Å²) >= 11 is 0. The van der Waals surface area contributed by atoms with Crippen molar-refractivity contribution >= 4 is 28.2 Å². The van der Waals surface area contributed by atoms with Crippen LogP contribution in [0.15, 0.2) is 42.6 Å². The van der Waals surface area contributed by atoms with E-state index in [0.29, 0.717) is 29.7 Å². The Hall–Kier alpha value is -3.22. The average Bonchev–Trinajstić information content (AvgIpc) is 3.19. The minimum absolute atomic E-state index is 0.0109. The molecule has 1 N–H and O–H groups in total. The smallest absolute Gasteiger partial charge is 0.271 e. The van der Waals surface area contributed by atoms with E-state index >= 15 is 0 Å². The van der Waals surface area contributed by atoms with Crippen molar-refractivity contribution in [1.82, 2.24) is 10.2 Å². The number of hydrogen-bond acceptors (Lipinski definition) is 4. The second-order valence-corrected chi connectivity index (χ2v) is 5.42. The number of aromatic amines is 1. The first-order valence-corrected chi connectivity index (χ1v) is 7.16. The van der Waals surface area contributed by atoms with Gasteiger partial charge in [-0.2, -0.15) is 5.10 Å². The summed E-state index contributed by atoms with van der Waals surface area (Å²) < 4.78 is 0. The van der Waals surface area contributed by atoms with Crippen LogP contribution < -0.4 is 4.90 Å². The molecule has 0 saturated heterocycles. The molecule has 3 aromatic rings. The molecule has 7 heteroatoms. The second-order valence-electron chi connectivity index (χ2n) is 5.42. The Morgan fingerprint density at radius 2 is 2.17 bits per heavy atom. The number of nitrogens with one attached hydrogen (secondary N) is 1. The Balaban J connectivity index is 1.79. The van der Waals surface area contributed by atoms with Gasteiger partial charge in [-0.1, -0.05) is 18.2 Å². The van der Waals surface area contributed by atoms with Gasteiger partial charge in [0.1, 0.15) is 0 Å². The third-order valence-electron chi connectivity index (χ3n) is 4.13. The molecule has 1 aliphatic rings. The van der Waals surface area contributed by atoms with Gasteiger partial charge in [0.25, 0.3) is 11.6 Å². The Bertz CT molecular complexity index is 947. The number of nitro groups is 1. The van der Waals surface area contributed by atoms with E-state index in [-0.39, 0.29) is 11.6 Å². The molecular formula is C16H12N4O3. The molecule has 114 valence electrons. The molecule has 1 aromatic heterocycles. The third kappa shape index (κ3) is 2.05. The van der Waals surface area contributed by atoms with Crippen molar-refractivity contribution in [2.24, 2.45) is 0 Å². The van der Waals surface area contributed by atoms with Crippen molar-refractivity contribution in [3.05, 3.63) is 63.8 Å². The maximum Gasteiger partial charge on any atom is 0.271 e. The molecular weight excluding hydrogens is 296 g/mol. The summed E-state index contributed by atoms with van der Waals surface area (Å²) in [6, 6.07) is 10.1. The van der Waals surface area contributed by atoms with Gasteiger partial charge in [0, 0.05) is 24.1 Å². The number of non-ortho nitro benzene ring substituents is 1. The van der Waals surface area contributed by atoms with Crippen molar-refractivity contribution in [1.29, 1.82) is 0 Å². The van der Waals surface area contributed by atoms with Crippen molar-refractivity contribution in [3.8, 4) is 0 Å². The summed E-state index contributed by atoms with van der Waals surface area (Å²) in [5, 5.41) is 18.6. The average molecular weight is 308 g/mol. The van der Waals surface area contributed by atoms with Gasteiger partial charge in [-0.3, -0.25) is 20.0 Å². The van der Waals surface area contributed by atoms with Crippen molar-refractivity contribution in [3.63, 3.8) is 0 Å². The van der Waals surface area contributed by atoms with Crippen LogP contribution in [0.1, 0.15) is 15.9 Å². The first-order chi connectivity index (χ1) is 11.1. The predicted octanol–water partition coefficient (Wildman–Crippen LogP) is 2.67. The number of nitro benzene ring substituents is 1. The minimum Gasteiger partial charge on any atom is -0.307 e. The van der Waals surface area contributed by atoms with Gasteiger partial charge >= 0.3 is 0 Å². The molecule has 0 saturated carbocycles. The number of carbonyl (C=O) groups excluding carboxylic acids is 1. The molecule has 0 atom stereocenters. The number of aromatic nitrogens is 2. The van der Waals surface area contributed by atoms with Crippen LogP contribution in [0.4, 0.5) is 11.4 Å². The monoisotopic (exact) mass is 308 g/mol. The standard InChI is InChI=1S/C16H12N4O3/c21-16(13-3-1-2-11-9-17-18-15(11)13)19-7-6-10-4-5-12(20(22)23)8-14(10)19/h1-5,8-9H,6-7H2,(H,17,18). The fourth-order valence-corrected chi connectivity index (χ4v) is 2.98. The Labute approximate surface area is 130 Å². The molecule has 0 unspecified atom stereocenters. The van der Waals surface area contributed by atoms with Gasteiger partial charge in [0.05, 0.1) is 27.9 Å². The number of nitrogens with zero attached hydrogens (tertiary/aromatic N) is 3. The zero-order valence-corrected chi connectivity index (χ0v) is 12.0. The number of H-pyrrole nitrogens is 1. The highest BCUT2D eigenvalue weighted by molar-refractivity contribution is 6.13. The van der Waals surface area contributed by atoms with Crippen molar-refractivity contribution in [2.45, 2.75) is 6.42 Å². The van der Waals surface area contributed by atoms with Gasteiger partial charge in [0.2, 0.25) is 0 Å². The molecule has 2 heterocycles. The lowest BCUT2D eigenvalue weighted by Crippen LogP contribution is -2.29. The van der Waals surface area contributed by atoms with E-state index in [2.05, 4.69) is 10.2 Å². The number of benzene rings is 2. The van der Waals surface area contributed by atoms with E-state index in [1.165, 1.54) is 12.1 Å². The van der Waals surface area contributed by atoms with E-state index in [4.69, 9.17) is 0 Å². The van der Waals surface area contributed by atoms with Crippen LogP contribution in [-0.4, -0.2) is 27.6 Å². The molecule has 0 bridgehead atoms. The van der Waals surface area contributed by atoms with Crippen LogP contribution in [-0.2, 0) is 6.42 Å². The van der Waals surface area contributed by atoms with Gasteiger partial charge in [-0.15, -0.1) is 0 Å². The zero-order valence-electron chi connectivity index (χ0n) is 12.0. The molecule has 1 amide bonds. The number of fused-ring (bicyclic) bond motifs is 2. The number of anilines is 1. The molecule has 7 nitrogen and oxygen atoms in total. The topological polar surface area (TPSA) is 92.1 Å². The van der Waals surface area contributed by atoms with Gasteiger partial charge < -0.3 is 4.90 Å². The number of hydrogen-bond donors (Lipinski definition) is 1. The Morgan fingerprint density at radius 1 is 1.30 bits per heavy atom. The zero-order chi connectivity index (χ0) is 16.0. The number of carbonyl (C=O) groups is 1. The van der Waals surface area contributed by atoms with E-state index < -0.39 is 4.92 Å². The molecule has 0 fully saturated rings. The highest BCUT2D eigenvalue weighted by atomic mass is 16.6. The first-order valence-electron chi connectivity index (χ1n) is 7.16. The summed E-state index contributed by atoms with van der Waals surface area (Å²) in [4.78, 5) is 25.0. The van der Waals surface area contributed by atoms with Gasteiger partial charge in [-0.25, -0.2) is 0 Å². The lowest BCUT2D eigenvalue weighted by atomic mass is 10.1. The first kappa shape index (κ1) is 13.4. The Kier molecular flexibility index (Phi) is 2.87. The van der Waals surface area contributed by atoms with Crippen LogP contribution in [0.25, 0.3) is 10.9 Å². The quantitative estimate of drug-likeness (QED) is 0.582. The predicted molar refractivity (Wildman–Crippen MR) is 84.6 cm³/mol. The number of rotatable bonds is 2. The largest absolute Gasteiger partial charge is 0.307 e.